The molecular formula is C10H18N2O3. The summed E-state index contributed by atoms with van der Waals surface area (Å²) in [6, 6.07) is 1.96. The van der Waals surface area contributed by atoms with E-state index in [1.54, 1.807) is 20.8 Å². The first-order chi connectivity index (χ1) is 6.95. The van der Waals surface area contributed by atoms with Crippen LogP contribution in [0.5, 0.6) is 0 Å². The molecule has 0 bridgehead atoms. The first-order valence-electron chi connectivity index (χ1n) is 4.87. The van der Waals surface area contributed by atoms with Gasteiger partial charge in [-0.25, -0.2) is 4.79 Å². The lowest BCUT2D eigenvalue weighted by Gasteiger charge is -2.19. The smallest absolute Gasteiger partial charge is 0.407 e. The van der Waals surface area contributed by atoms with Crippen molar-refractivity contribution < 1.29 is 14.3 Å². The van der Waals surface area contributed by atoms with Crippen molar-refractivity contribution in [3.63, 3.8) is 0 Å². The fourth-order valence-corrected chi connectivity index (χ4v) is 0.759. The molecule has 0 aromatic carbocycles. The third-order valence-corrected chi connectivity index (χ3v) is 1.27. The highest BCUT2D eigenvalue weighted by molar-refractivity contribution is 5.67. The Morgan fingerprint density at radius 1 is 1.40 bits per heavy atom. The molecule has 0 aromatic heterocycles. The maximum Gasteiger partial charge on any atom is 0.407 e. The van der Waals surface area contributed by atoms with Crippen LogP contribution in [0.15, 0.2) is 0 Å². The van der Waals surface area contributed by atoms with Crippen LogP contribution in [-0.4, -0.2) is 31.5 Å². The van der Waals surface area contributed by atoms with Gasteiger partial charge in [-0.15, -0.1) is 0 Å². The highest BCUT2D eigenvalue weighted by Crippen LogP contribution is 2.05. The van der Waals surface area contributed by atoms with Crippen molar-refractivity contribution in [3.05, 3.63) is 0 Å². The van der Waals surface area contributed by atoms with Crippen LogP contribution < -0.4 is 5.32 Å². The lowest BCUT2D eigenvalue weighted by Crippen LogP contribution is -2.34. The van der Waals surface area contributed by atoms with Gasteiger partial charge in [0.15, 0.2) is 0 Å². The van der Waals surface area contributed by atoms with Crippen molar-refractivity contribution in [1.82, 2.24) is 5.32 Å². The predicted molar refractivity (Wildman–Crippen MR) is 55.3 cm³/mol. The second-order valence-corrected chi connectivity index (χ2v) is 3.95. The Morgan fingerprint density at radius 2 is 2.07 bits per heavy atom. The molecule has 0 fully saturated rings. The Bertz CT molecular complexity index is 228. The molecule has 0 saturated heterocycles. The van der Waals surface area contributed by atoms with Crippen LogP contribution in [0.2, 0.25) is 0 Å². The molecule has 0 unspecified atom stereocenters. The van der Waals surface area contributed by atoms with Crippen LogP contribution in [-0.2, 0) is 9.47 Å². The molecular weight excluding hydrogens is 196 g/mol. The Balaban J connectivity index is 3.37. The minimum absolute atomic E-state index is 0.367. The van der Waals surface area contributed by atoms with Gasteiger partial charge in [0.2, 0.25) is 0 Å². The summed E-state index contributed by atoms with van der Waals surface area (Å²) >= 11 is 0. The minimum atomic E-state index is -0.480. The summed E-state index contributed by atoms with van der Waals surface area (Å²) in [4.78, 5) is 11.1. The SMILES string of the molecule is CC(C)(C)OC(=O)NCCOCCC#N. The molecule has 15 heavy (non-hydrogen) atoms. The molecule has 0 aliphatic carbocycles. The maximum absolute atomic E-state index is 11.1. The normalized spacial score (nSPS) is 10.5. The van der Waals surface area contributed by atoms with Gasteiger partial charge in [0.05, 0.1) is 25.7 Å². The molecule has 0 radical (unpaired) electrons. The van der Waals surface area contributed by atoms with Crippen molar-refractivity contribution in [3.8, 4) is 6.07 Å². The van der Waals surface area contributed by atoms with E-state index in [0.717, 1.165) is 0 Å². The first kappa shape index (κ1) is 13.7. The Morgan fingerprint density at radius 3 is 2.60 bits per heavy atom. The number of alkyl carbamates (subject to hydrolysis) is 1. The maximum atomic E-state index is 11.1. The van der Waals surface area contributed by atoms with Crippen molar-refractivity contribution >= 4 is 6.09 Å². The van der Waals surface area contributed by atoms with Gasteiger partial charge in [-0.2, -0.15) is 5.26 Å². The molecule has 1 amide bonds. The van der Waals surface area contributed by atoms with E-state index in [1.807, 2.05) is 6.07 Å². The molecule has 0 saturated carbocycles. The quantitative estimate of drug-likeness (QED) is 0.703. The molecule has 0 aromatic rings. The van der Waals surface area contributed by atoms with Crippen LogP contribution in [0.25, 0.3) is 0 Å². The average molecular weight is 214 g/mol. The number of amides is 1. The summed E-state index contributed by atoms with van der Waals surface area (Å²) in [5, 5.41) is 10.8. The zero-order valence-corrected chi connectivity index (χ0v) is 9.50. The van der Waals surface area contributed by atoms with Crippen molar-refractivity contribution in [1.29, 1.82) is 5.26 Å². The van der Waals surface area contributed by atoms with Crippen LogP contribution in [0, 0.1) is 11.3 Å². The van der Waals surface area contributed by atoms with Crippen LogP contribution in [0.3, 0.4) is 0 Å². The van der Waals surface area contributed by atoms with E-state index >= 15 is 0 Å². The predicted octanol–water partition coefficient (Wildman–Crippen LogP) is 1.44. The number of nitriles is 1. The third kappa shape index (κ3) is 10.6. The molecule has 0 rings (SSSR count). The molecule has 0 aliphatic rings. The Hall–Kier alpha value is -1.28. The van der Waals surface area contributed by atoms with Gasteiger partial charge in [-0.05, 0) is 20.8 Å². The van der Waals surface area contributed by atoms with Crippen LogP contribution in [0.4, 0.5) is 4.79 Å². The molecule has 5 heteroatoms. The fraction of sp³-hybridized carbons (Fsp3) is 0.800. The van der Waals surface area contributed by atoms with E-state index in [1.165, 1.54) is 0 Å². The second-order valence-electron chi connectivity index (χ2n) is 3.95. The molecule has 0 heterocycles. The number of rotatable bonds is 5. The molecule has 0 spiro atoms. The fourth-order valence-electron chi connectivity index (χ4n) is 0.759. The van der Waals surface area contributed by atoms with Gasteiger partial charge in [-0.1, -0.05) is 0 Å². The number of ether oxygens (including phenoxy) is 2. The first-order valence-corrected chi connectivity index (χ1v) is 4.87. The zero-order chi connectivity index (χ0) is 11.7. The lowest BCUT2D eigenvalue weighted by molar-refractivity contribution is 0.0501. The number of nitrogens with zero attached hydrogens (tertiary/aromatic N) is 1. The topological polar surface area (TPSA) is 71.3 Å². The molecule has 86 valence electrons. The van der Waals surface area contributed by atoms with Gasteiger partial charge < -0.3 is 14.8 Å². The van der Waals surface area contributed by atoms with E-state index in [4.69, 9.17) is 14.7 Å². The van der Waals surface area contributed by atoms with Gasteiger partial charge in [-0.3, -0.25) is 0 Å². The van der Waals surface area contributed by atoms with Crippen molar-refractivity contribution in [2.45, 2.75) is 32.8 Å². The summed E-state index contributed by atoms with van der Waals surface area (Å²) in [5.41, 5.74) is -0.480. The van der Waals surface area contributed by atoms with E-state index in [2.05, 4.69) is 5.32 Å². The van der Waals surface area contributed by atoms with E-state index in [9.17, 15) is 4.79 Å². The van der Waals surface area contributed by atoms with Crippen LogP contribution >= 0.6 is 0 Å². The largest absolute Gasteiger partial charge is 0.444 e. The number of carbonyl (C=O) groups excluding carboxylic acids is 1. The standard InChI is InChI=1S/C10H18N2O3/c1-10(2,3)15-9(13)12-6-8-14-7-4-5-11/h4,6-8H2,1-3H3,(H,12,13). The molecule has 5 nitrogen and oxygen atoms in total. The summed E-state index contributed by atoms with van der Waals surface area (Å²) in [6.07, 6.45) is -0.0849. The average Bonchev–Trinajstić information content (AvgIpc) is 2.08. The monoisotopic (exact) mass is 214 g/mol. The minimum Gasteiger partial charge on any atom is -0.444 e. The van der Waals surface area contributed by atoms with Crippen molar-refractivity contribution in [2.24, 2.45) is 0 Å². The number of nitrogens with one attached hydrogen (secondary N) is 1. The lowest BCUT2D eigenvalue weighted by atomic mass is 10.2. The summed E-state index contributed by atoms with van der Waals surface area (Å²) in [7, 11) is 0. The number of hydrogen-bond donors (Lipinski definition) is 1. The van der Waals surface area contributed by atoms with Crippen LogP contribution in [0.1, 0.15) is 27.2 Å². The highest BCUT2D eigenvalue weighted by Gasteiger charge is 2.15. The van der Waals surface area contributed by atoms with Crippen molar-refractivity contribution in [2.75, 3.05) is 19.8 Å². The van der Waals surface area contributed by atoms with Gasteiger partial charge >= 0.3 is 6.09 Å². The molecule has 0 aliphatic heterocycles. The van der Waals surface area contributed by atoms with E-state index in [0.29, 0.717) is 26.2 Å². The Kier molecular flexibility index (Phi) is 6.47. The number of carbonyl (C=O) groups is 1. The zero-order valence-electron chi connectivity index (χ0n) is 9.50. The van der Waals surface area contributed by atoms with Gasteiger partial charge in [0.25, 0.3) is 0 Å². The Labute approximate surface area is 90.4 Å². The van der Waals surface area contributed by atoms with E-state index < -0.39 is 11.7 Å². The van der Waals surface area contributed by atoms with Gasteiger partial charge in [0, 0.05) is 6.54 Å². The molecule has 0 atom stereocenters. The second kappa shape index (κ2) is 7.07. The summed E-state index contributed by atoms with van der Waals surface area (Å²) in [6.45, 7) is 6.58. The summed E-state index contributed by atoms with van der Waals surface area (Å²) in [5.74, 6) is 0. The highest BCUT2D eigenvalue weighted by atomic mass is 16.6. The number of hydrogen-bond acceptors (Lipinski definition) is 4. The molecule has 1 N–H and O–H groups in total. The third-order valence-electron chi connectivity index (χ3n) is 1.27. The summed E-state index contributed by atoms with van der Waals surface area (Å²) < 4.78 is 10.1. The van der Waals surface area contributed by atoms with Gasteiger partial charge in [0.1, 0.15) is 5.60 Å². The van der Waals surface area contributed by atoms with E-state index in [-0.39, 0.29) is 0 Å².